The van der Waals surface area contributed by atoms with Crippen molar-refractivity contribution in [3.8, 4) is 0 Å². The third kappa shape index (κ3) is 2.98. The van der Waals surface area contributed by atoms with E-state index in [0.29, 0.717) is 6.42 Å². The molecule has 0 aliphatic carbocycles. The fraction of sp³-hybridized carbons (Fsp3) is 0.333. The van der Waals surface area contributed by atoms with E-state index in [4.69, 9.17) is 4.42 Å². The average Bonchev–Trinajstić information content (AvgIpc) is 2.84. The standard InChI is InChI=1S/C15H18O2/c1-2-14(13-6-4-3-5-7-13)15(16)10-12-8-9-17-11-12/h3-9,11,14-16H,2,10H2,1H3. The lowest BCUT2D eigenvalue weighted by Gasteiger charge is -2.21. The summed E-state index contributed by atoms with van der Waals surface area (Å²) in [6, 6.07) is 12.1. The van der Waals surface area contributed by atoms with E-state index in [1.165, 1.54) is 5.56 Å². The molecule has 0 aliphatic heterocycles. The number of hydrogen-bond donors (Lipinski definition) is 1. The van der Waals surface area contributed by atoms with E-state index in [-0.39, 0.29) is 12.0 Å². The second-order valence-corrected chi connectivity index (χ2v) is 4.33. The summed E-state index contributed by atoms with van der Waals surface area (Å²) in [7, 11) is 0. The highest BCUT2D eigenvalue weighted by atomic mass is 16.3. The second kappa shape index (κ2) is 5.69. The molecule has 1 N–H and O–H groups in total. The van der Waals surface area contributed by atoms with Crippen molar-refractivity contribution in [2.45, 2.75) is 31.8 Å². The van der Waals surface area contributed by atoms with Gasteiger partial charge < -0.3 is 9.52 Å². The Hall–Kier alpha value is -1.54. The molecule has 1 aromatic heterocycles. The summed E-state index contributed by atoms with van der Waals surface area (Å²) in [5.41, 5.74) is 2.25. The summed E-state index contributed by atoms with van der Waals surface area (Å²) in [6.07, 6.45) is 4.55. The monoisotopic (exact) mass is 230 g/mol. The van der Waals surface area contributed by atoms with Crippen LogP contribution in [0.2, 0.25) is 0 Å². The van der Waals surface area contributed by atoms with Crippen molar-refractivity contribution in [1.82, 2.24) is 0 Å². The quantitative estimate of drug-likeness (QED) is 0.854. The highest BCUT2D eigenvalue weighted by Crippen LogP contribution is 2.25. The molecular formula is C15H18O2. The molecule has 2 heteroatoms. The van der Waals surface area contributed by atoms with E-state index in [1.54, 1.807) is 12.5 Å². The van der Waals surface area contributed by atoms with Crippen LogP contribution >= 0.6 is 0 Å². The van der Waals surface area contributed by atoms with Gasteiger partial charge in [0.2, 0.25) is 0 Å². The van der Waals surface area contributed by atoms with Gasteiger partial charge in [0.25, 0.3) is 0 Å². The van der Waals surface area contributed by atoms with Crippen molar-refractivity contribution < 1.29 is 9.52 Å². The third-order valence-corrected chi connectivity index (χ3v) is 3.16. The first-order valence-corrected chi connectivity index (χ1v) is 6.05. The predicted molar refractivity (Wildman–Crippen MR) is 67.9 cm³/mol. The molecule has 17 heavy (non-hydrogen) atoms. The minimum Gasteiger partial charge on any atom is -0.472 e. The Balaban J connectivity index is 2.08. The van der Waals surface area contributed by atoms with Crippen molar-refractivity contribution in [2.75, 3.05) is 0 Å². The summed E-state index contributed by atoms with van der Waals surface area (Å²) in [4.78, 5) is 0. The van der Waals surface area contributed by atoms with Gasteiger partial charge in [0.05, 0.1) is 18.6 Å². The molecule has 2 atom stereocenters. The molecule has 2 unspecified atom stereocenters. The Morgan fingerprint density at radius 1 is 1.18 bits per heavy atom. The molecule has 0 bridgehead atoms. The van der Waals surface area contributed by atoms with Crippen LogP contribution in [0.4, 0.5) is 0 Å². The van der Waals surface area contributed by atoms with E-state index in [9.17, 15) is 5.11 Å². The summed E-state index contributed by atoms with van der Waals surface area (Å²) in [6.45, 7) is 2.11. The molecule has 0 radical (unpaired) electrons. The Morgan fingerprint density at radius 2 is 1.94 bits per heavy atom. The highest BCUT2D eigenvalue weighted by Gasteiger charge is 2.19. The summed E-state index contributed by atoms with van der Waals surface area (Å²) in [5, 5.41) is 10.3. The minimum absolute atomic E-state index is 0.186. The molecule has 2 rings (SSSR count). The van der Waals surface area contributed by atoms with Gasteiger partial charge in [-0.15, -0.1) is 0 Å². The molecule has 1 heterocycles. The van der Waals surface area contributed by atoms with Gasteiger partial charge in [-0.05, 0) is 23.6 Å². The van der Waals surface area contributed by atoms with Gasteiger partial charge in [0, 0.05) is 12.3 Å². The first-order chi connectivity index (χ1) is 8.31. The molecule has 2 nitrogen and oxygen atoms in total. The molecule has 90 valence electrons. The molecule has 1 aromatic carbocycles. The molecule has 0 amide bonds. The zero-order chi connectivity index (χ0) is 12.1. The van der Waals surface area contributed by atoms with Gasteiger partial charge in [-0.3, -0.25) is 0 Å². The van der Waals surface area contributed by atoms with E-state index < -0.39 is 0 Å². The van der Waals surface area contributed by atoms with E-state index in [0.717, 1.165) is 12.0 Å². The normalized spacial score (nSPS) is 14.5. The second-order valence-electron chi connectivity index (χ2n) is 4.33. The van der Waals surface area contributed by atoms with Crippen molar-refractivity contribution in [2.24, 2.45) is 0 Å². The molecule has 0 fully saturated rings. The number of benzene rings is 1. The van der Waals surface area contributed by atoms with Crippen molar-refractivity contribution in [3.63, 3.8) is 0 Å². The number of hydrogen-bond acceptors (Lipinski definition) is 2. The van der Waals surface area contributed by atoms with Gasteiger partial charge in [-0.25, -0.2) is 0 Å². The Labute approximate surface area is 102 Å². The zero-order valence-electron chi connectivity index (χ0n) is 10.0. The van der Waals surface area contributed by atoms with Gasteiger partial charge in [0.15, 0.2) is 0 Å². The van der Waals surface area contributed by atoms with Crippen LogP contribution in [0, 0.1) is 0 Å². The zero-order valence-corrected chi connectivity index (χ0v) is 10.0. The van der Waals surface area contributed by atoms with Gasteiger partial charge in [-0.1, -0.05) is 37.3 Å². The molecule has 0 spiro atoms. The number of aliphatic hydroxyl groups is 1. The van der Waals surface area contributed by atoms with Crippen LogP contribution in [0.1, 0.15) is 30.4 Å². The first-order valence-electron chi connectivity index (χ1n) is 6.05. The van der Waals surface area contributed by atoms with Crippen LogP contribution < -0.4 is 0 Å². The van der Waals surface area contributed by atoms with Gasteiger partial charge >= 0.3 is 0 Å². The maximum atomic E-state index is 10.3. The SMILES string of the molecule is CCC(c1ccccc1)C(O)Cc1ccoc1. The first kappa shape index (κ1) is 11.9. The van der Waals surface area contributed by atoms with Crippen LogP contribution in [0.15, 0.2) is 53.3 Å². The van der Waals surface area contributed by atoms with Crippen LogP contribution in [0.5, 0.6) is 0 Å². The van der Waals surface area contributed by atoms with Crippen molar-refractivity contribution >= 4 is 0 Å². The summed E-state index contributed by atoms with van der Waals surface area (Å²) >= 11 is 0. The van der Waals surface area contributed by atoms with Crippen LogP contribution in [-0.4, -0.2) is 11.2 Å². The lowest BCUT2D eigenvalue weighted by molar-refractivity contribution is 0.140. The largest absolute Gasteiger partial charge is 0.472 e. The maximum absolute atomic E-state index is 10.3. The number of furan rings is 1. The summed E-state index contributed by atoms with van der Waals surface area (Å²) < 4.78 is 5.02. The molecule has 2 aromatic rings. The van der Waals surface area contributed by atoms with Crippen LogP contribution in [0.25, 0.3) is 0 Å². The van der Waals surface area contributed by atoms with Crippen molar-refractivity contribution in [3.05, 3.63) is 60.1 Å². The van der Waals surface area contributed by atoms with E-state index >= 15 is 0 Å². The Kier molecular flexibility index (Phi) is 3.99. The van der Waals surface area contributed by atoms with Crippen LogP contribution in [-0.2, 0) is 6.42 Å². The maximum Gasteiger partial charge on any atom is 0.0935 e. The number of aliphatic hydroxyl groups excluding tert-OH is 1. The summed E-state index contributed by atoms with van der Waals surface area (Å²) in [5.74, 6) is 0.186. The minimum atomic E-state index is -0.361. The molecule has 0 saturated carbocycles. The van der Waals surface area contributed by atoms with E-state index in [2.05, 4.69) is 19.1 Å². The molecule has 0 saturated heterocycles. The molecular weight excluding hydrogens is 212 g/mol. The lowest BCUT2D eigenvalue weighted by Crippen LogP contribution is -2.20. The topological polar surface area (TPSA) is 33.4 Å². The van der Waals surface area contributed by atoms with Gasteiger partial charge in [-0.2, -0.15) is 0 Å². The highest BCUT2D eigenvalue weighted by molar-refractivity contribution is 5.21. The van der Waals surface area contributed by atoms with E-state index in [1.807, 2.05) is 24.3 Å². The van der Waals surface area contributed by atoms with Crippen molar-refractivity contribution in [1.29, 1.82) is 0 Å². The smallest absolute Gasteiger partial charge is 0.0935 e. The predicted octanol–water partition coefficient (Wildman–Crippen LogP) is 3.38. The fourth-order valence-corrected chi connectivity index (χ4v) is 2.22. The van der Waals surface area contributed by atoms with Gasteiger partial charge in [0.1, 0.15) is 0 Å². The number of rotatable bonds is 5. The lowest BCUT2D eigenvalue weighted by atomic mass is 9.88. The fourth-order valence-electron chi connectivity index (χ4n) is 2.22. The Morgan fingerprint density at radius 3 is 2.53 bits per heavy atom. The average molecular weight is 230 g/mol. The third-order valence-electron chi connectivity index (χ3n) is 3.16. The van der Waals surface area contributed by atoms with Crippen LogP contribution in [0.3, 0.4) is 0 Å². The molecule has 0 aliphatic rings. The Bertz CT molecular complexity index is 419.